The smallest absolute Gasteiger partial charge is 0.253 e. The van der Waals surface area contributed by atoms with Gasteiger partial charge in [-0.2, -0.15) is 0 Å². The molecular weight excluding hydrogens is 230 g/mol. The fourth-order valence-corrected chi connectivity index (χ4v) is 2.07. The van der Waals surface area contributed by atoms with Crippen LogP contribution in [0.5, 0.6) is 0 Å². The van der Waals surface area contributed by atoms with Crippen LogP contribution in [0.15, 0.2) is 24.3 Å². The highest BCUT2D eigenvalue weighted by atomic mass is 16.2. The molecule has 3 N–H and O–H groups in total. The van der Waals surface area contributed by atoms with E-state index in [-0.39, 0.29) is 18.2 Å². The number of nitrogens with one attached hydrogen (secondary N) is 1. The first-order valence-electron chi connectivity index (χ1n) is 6.04. The van der Waals surface area contributed by atoms with E-state index in [2.05, 4.69) is 5.32 Å². The van der Waals surface area contributed by atoms with Gasteiger partial charge in [0.1, 0.15) is 0 Å². The molecule has 5 nitrogen and oxygen atoms in total. The van der Waals surface area contributed by atoms with Gasteiger partial charge in [-0.3, -0.25) is 9.59 Å². The summed E-state index contributed by atoms with van der Waals surface area (Å²) in [6.07, 6.45) is 0.169. The molecule has 1 aliphatic rings. The van der Waals surface area contributed by atoms with Gasteiger partial charge in [-0.15, -0.1) is 0 Å². The molecule has 2 rings (SSSR count). The summed E-state index contributed by atoms with van der Waals surface area (Å²) in [6.45, 7) is 3.09. The average Bonchev–Trinajstić information content (AvgIpc) is 2.38. The monoisotopic (exact) mass is 247 g/mol. The lowest BCUT2D eigenvalue weighted by atomic mass is 10.1. The summed E-state index contributed by atoms with van der Waals surface area (Å²) in [5.41, 5.74) is 6.55. The zero-order valence-electron chi connectivity index (χ0n) is 10.2. The van der Waals surface area contributed by atoms with E-state index in [1.807, 2.05) is 4.90 Å². The molecule has 5 heteroatoms. The molecule has 1 heterocycles. The second-order valence-corrected chi connectivity index (χ2v) is 4.39. The van der Waals surface area contributed by atoms with Gasteiger partial charge >= 0.3 is 0 Å². The highest BCUT2D eigenvalue weighted by Gasteiger charge is 2.17. The van der Waals surface area contributed by atoms with Crippen molar-refractivity contribution in [3.8, 4) is 0 Å². The highest BCUT2D eigenvalue weighted by Crippen LogP contribution is 2.09. The largest absolute Gasteiger partial charge is 0.369 e. The first-order valence-corrected chi connectivity index (χ1v) is 6.04. The van der Waals surface area contributed by atoms with Crippen LogP contribution < -0.4 is 11.1 Å². The van der Waals surface area contributed by atoms with E-state index in [0.717, 1.165) is 31.7 Å². The van der Waals surface area contributed by atoms with Crippen LogP contribution in [0, 0.1) is 0 Å². The molecular formula is C13H17N3O2. The second kappa shape index (κ2) is 5.64. The SMILES string of the molecule is NC(=O)Cc1cccc(C(=O)N2CCNCC2)c1. The predicted octanol–water partition coefficient (Wildman–Crippen LogP) is -0.240. The Bertz CT molecular complexity index is 453. The summed E-state index contributed by atoms with van der Waals surface area (Å²) in [5, 5.41) is 3.20. The molecule has 2 amide bonds. The van der Waals surface area contributed by atoms with Gasteiger partial charge in [-0.25, -0.2) is 0 Å². The Morgan fingerprint density at radius 2 is 2.00 bits per heavy atom. The molecule has 0 spiro atoms. The van der Waals surface area contributed by atoms with Crippen molar-refractivity contribution in [1.82, 2.24) is 10.2 Å². The zero-order chi connectivity index (χ0) is 13.0. The van der Waals surface area contributed by atoms with E-state index < -0.39 is 0 Å². The summed E-state index contributed by atoms with van der Waals surface area (Å²) in [6, 6.07) is 7.11. The molecule has 0 aromatic heterocycles. The standard InChI is InChI=1S/C13H17N3O2/c14-12(17)9-10-2-1-3-11(8-10)13(18)16-6-4-15-5-7-16/h1-3,8,15H,4-7,9H2,(H2,14,17). The summed E-state index contributed by atoms with van der Waals surface area (Å²) in [4.78, 5) is 24.9. The lowest BCUT2D eigenvalue weighted by Crippen LogP contribution is -2.46. The van der Waals surface area contributed by atoms with E-state index in [0.29, 0.717) is 5.56 Å². The van der Waals surface area contributed by atoms with Gasteiger partial charge in [0.05, 0.1) is 6.42 Å². The third kappa shape index (κ3) is 3.07. The third-order valence-electron chi connectivity index (χ3n) is 2.96. The van der Waals surface area contributed by atoms with Crippen LogP contribution in [0.25, 0.3) is 0 Å². The van der Waals surface area contributed by atoms with Gasteiger partial charge in [-0.05, 0) is 17.7 Å². The number of hydrogen-bond acceptors (Lipinski definition) is 3. The number of carbonyl (C=O) groups is 2. The normalized spacial score (nSPS) is 15.4. The van der Waals surface area contributed by atoms with Crippen molar-refractivity contribution in [2.24, 2.45) is 5.73 Å². The molecule has 1 aromatic rings. The third-order valence-corrected chi connectivity index (χ3v) is 2.96. The van der Waals surface area contributed by atoms with Crippen molar-refractivity contribution in [3.05, 3.63) is 35.4 Å². The zero-order valence-corrected chi connectivity index (χ0v) is 10.2. The molecule has 0 saturated carbocycles. The van der Waals surface area contributed by atoms with Crippen molar-refractivity contribution in [2.45, 2.75) is 6.42 Å². The topological polar surface area (TPSA) is 75.4 Å². The Balaban J connectivity index is 2.11. The molecule has 96 valence electrons. The van der Waals surface area contributed by atoms with Gasteiger partial charge in [-0.1, -0.05) is 12.1 Å². The Morgan fingerprint density at radius 3 is 2.67 bits per heavy atom. The summed E-state index contributed by atoms with van der Waals surface area (Å²) in [7, 11) is 0. The molecule has 0 atom stereocenters. The van der Waals surface area contributed by atoms with E-state index in [4.69, 9.17) is 5.73 Å². The van der Waals surface area contributed by atoms with Crippen LogP contribution >= 0.6 is 0 Å². The van der Waals surface area contributed by atoms with E-state index >= 15 is 0 Å². The number of hydrogen-bond donors (Lipinski definition) is 2. The number of piperazine rings is 1. The lowest BCUT2D eigenvalue weighted by Gasteiger charge is -2.27. The quantitative estimate of drug-likeness (QED) is 0.774. The fraction of sp³-hybridized carbons (Fsp3) is 0.385. The number of primary amides is 1. The summed E-state index contributed by atoms with van der Waals surface area (Å²) >= 11 is 0. The van der Waals surface area contributed by atoms with Crippen molar-refractivity contribution in [3.63, 3.8) is 0 Å². The molecule has 1 aliphatic heterocycles. The van der Waals surface area contributed by atoms with Crippen LogP contribution in [0.1, 0.15) is 15.9 Å². The van der Waals surface area contributed by atoms with Crippen LogP contribution in [0.3, 0.4) is 0 Å². The predicted molar refractivity (Wildman–Crippen MR) is 68.1 cm³/mol. The molecule has 0 radical (unpaired) electrons. The van der Waals surface area contributed by atoms with Crippen molar-refractivity contribution in [1.29, 1.82) is 0 Å². The molecule has 1 saturated heterocycles. The second-order valence-electron chi connectivity index (χ2n) is 4.39. The van der Waals surface area contributed by atoms with E-state index in [1.165, 1.54) is 0 Å². The van der Waals surface area contributed by atoms with Crippen LogP contribution in [-0.4, -0.2) is 42.9 Å². The lowest BCUT2D eigenvalue weighted by molar-refractivity contribution is -0.117. The van der Waals surface area contributed by atoms with E-state index in [1.54, 1.807) is 24.3 Å². The Morgan fingerprint density at radius 1 is 1.28 bits per heavy atom. The van der Waals surface area contributed by atoms with Crippen LogP contribution in [0.4, 0.5) is 0 Å². The Hall–Kier alpha value is -1.88. The fourth-order valence-electron chi connectivity index (χ4n) is 2.07. The van der Waals surface area contributed by atoms with Gasteiger partial charge in [0.2, 0.25) is 5.91 Å². The van der Waals surface area contributed by atoms with Gasteiger partial charge in [0.25, 0.3) is 5.91 Å². The number of amides is 2. The maximum atomic E-state index is 12.2. The minimum absolute atomic E-state index is 0.0165. The van der Waals surface area contributed by atoms with Crippen LogP contribution in [0.2, 0.25) is 0 Å². The van der Waals surface area contributed by atoms with Crippen LogP contribution in [-0.2, 0) is 11.2 Å². The maximum absolute atomic E-state index is 12.2. The number of benzene rings is 1. The summed E-state index contributed by atoms with van der Waals surface area (Å²) < 4.78 is 0. The summed E-state index contributed by atoms with van der Waals surface area (Å²) in [5.74, 6) is -0.371. The number of nitrogens with zero attached hydrogens (tertiary/aromatic N) is 1. The first kappa shape index (κ1) is 12.6. The van der Waals surface area contributed by atoms with Gasteiger partial charge in [0.15, 0.2) is 0 Å². The number of nitrogens with two attached hydrogens (primary N) is 1. The Kier molecular flexibility index (Phi) is 3.94. The minimum atomic E-state index is -0.387. The number of rotatable bonds is 3. The molecule has 0 aliphatic carbocycles. The van der Waals surface area contributed by atoms with Crippen molar-refractivity contribution < 1.29 is 9.59 Å². The van der Waals surface area contributed by atoms with Gasteiger partial charge < -0.3 is 16.0 Å². The first-order chi connectivity index (χ1) is 8.66. The van der Waals surface area contributed by atoms with Crippen molar-refractivity contribution in [2.75, 3.05) is 26.2 Å². The minimum Gasteiger partial charge on any atom is -0.369 e. The Labute approximate surface area is 106 Å². The maximum Gasteiger partial charge on any atom is 0.253 e. The highest BCUT2D eigenvalue weighted by molar-refractivity contribution is 5.94. The molecule has 0 unspecified atom stereocenters. The van der Waals surface area contributed by atoms with E-state index in [9.17, 15) is 9.59 Å². The number of carbonyl (C=O) groups excluding carboxylic acids is 2. The van der Waals surface area contributed by atoms with Gasteiger partial charge in [0, 0.05) is 31.7 Å². The average molecular weight is 247 g/mol. The molecule has 18 heavy (non-hydrogen) atoms. The molecule has 0 bridgehead atoms. The van der Waals surface area contributed by atoms with Crippen molar-refractivity contribution >= 4 is 11.8 Å². The molecule has 1 aromatic carbocycles. The molecule has 1 fully saturated rings.